The summed E-state index contributed by atoms with van der Waals surface area (Å²) in [5.74, 6) is 1.30. The second-order valence-electron chi connectivity index (χ2n) is 3.77. The SMILES string of the molecule is CC(C)c1noc(-c2ccc(Br)cc2O)n1. The Bertz CT molecular complexity index is 508. The van der Waals surface area contributed by atoms with Crippen LogP contribution in [0.2, 0.25) is 0 Å². The van der Waals surface area contributed by atoms with Gasteiger partial charge in [-0.1, -0.05) is 34.9 Å². The van der Waals surface area contributed by atoms with Gasteiger partial charge in [-0.25, -0.2) is 0 Å². The highest BCUT2D eigenvalue weighted by molar-refractivity contribution is 9.10. The fraction of sp³-hybridized carbons (Fsp3) is 0.273. The van der Waals surface area contributed by atoms with Crippen molar-refractivity contribution in [1.82, 2.24) is 10.1 Å². The summed E-state index contributed by atoms with van der Waals surface area (Å²) in [7, 11) is 0. The predicted octanol–water partition coefficient (Wildman–Crippen LogP) is 3.33. The first-order chi connectivity index (χ1) is 7.58. The number of phenolic OH excluding ortho intramolecular Hbond substituents is 1. The smallest absolute Gasteiger partial charge is 0.261 e. The zero-order valence-electron chi connectivity index (χ0n) is 8.94. The molecule has 5 heteroatoms. The van der Waals surface area contributed by atoms with Crippen LogP contribution < -0.4 is 0 Å². The van der Waals surface area contributed by atoms with E-state index in [1.807, 2.05) is 19.9 Å². The second-order valence-corrected chi connectivity index (χ2v) is 4.69. The van der Waals surface area contributed by atoms with Crippen LogP contribution in [0.4, 0.5) is 0 Å². The molecule has 2 rings (SSSR count). The van der Waals surface area contributed by atoms with Crippen LogP contribution in [0.5, 0.6) is 5.75 Å². The summed E-state index contributed by atoms with van der Waals surface area (Å²) in [6.07, 6.45) is 0. The van der Waals surface area contributed by atoms with E-state index >= 15 is 0 Å². The van der Waals surface area contributed by atoms with Gasteiger partial charge in [-0.15, -0.1) is 0 Å². The Morgan fingerprint density at radius 2 is 2.12 bits per heavy atom. The van der Waals surface area contributed by atoms with E-state index in [9.17, 15) is 5.11 Å². The van der Waals surface area contributed by atoms with E-state index in [0.717, 1.165) is 4.47 Å². The Kier molecular flexibility index (Phi) is 2.96. The van der Waals surface area contributed by atoms with Gasteiger partial charge in [-0.2, -0.15) is 4.98 Å². The third-order valence-electron chi connectivity index (χ3n) is 2.15. The maximum absolute atomic E-state index is 9.73. The molecule has 0 atom stereocenters. The Balaban J connectivity index is 2.42. The van der Waals surface area contributed by atoms with E-state index in [1.54, 1.807) is 12.1 Å². The fourth-order valence-electron chi connectivity index (χ4n) is 1.26. The van der Waals surface area contributed by atoms with Gasteiger partial charge in [0.1, 0.15) is 5.75 Å². The lowest BCUT2D eigenvalue weighted by Gasteiger charge is -1.99. The molecule has 1 heterocycles. The zero-order valence-corrected chi connectivity index (χ0v) is 10.5. The summed E-state index contributed by atoms with van der Waals surface area (Å²) in [4.78, 5) is 4.22. The Morgan fingerprint density at radius 3 is 2.69 bits per heavy atom. The van der Waals surface area contributed by atoms with Gasteiger partial charge in [0.15, 0.2) is 5.82 Å². The van der Waals surface area contributed by atoms with Crippen molar-refractivity contribution in [2.24, 2.45) is 0 Å². The van der Waals surface area contributed by atoms with Crippen molar-refractivity contribution < 1.29 is 9.63 Å². The molecule has 1 aromatic heterocycles. The van der Waals surface area contributed by atoms with Gasteiger partial charge in [0, 0.05) is 10.4 Å². The standard InChI is InChI=1S/C11H11BrN2O2/c1-6(2)10-13-11(16-14-10)8-4-3-7(12)5-9(8)15/h3-6,15H,1-2H3. The number of aromatic nitrogens is 2. The Hall–Kier alpha value is -1.36. The first-order valence-electron chi connectivity index (χ1n) is 4.90. The number of hydrogen-bond acceptors (Lipinski definition) is 4. The van der Waals surface area contributed by atoms with Crippen molar-refractivity contribution in [3.05, 3.63) is 28.5 Å². The molecule has 0 bridgehead atoms. The zero-order chi connectivity index (χ0) is 11.7. The van der Waals surface area contributed by atoms with Crippen molar-refractivity contribution in [2.45, 2.75) is 19.8 Å². The molecule has 1 N–H and O–H groups in total. The molecular formula is C11H11BrN2O2. The molecule has 2 aromatic rings. The van der Waals surface area contributed by atoms with E-state index in [0.29, 0.717) is 17.3 Å². The predicted molar refractivity (Wildman–Crippen MR) is 63.2 cm³/mol. The molecule has 0 radical (unpaired) electrons. The summed E-state index contributed by atoms with van der Waals surface area (Å²) in [6, 6.07) is 5.14. The summed E-state index contributed by atoms with van der Waals surface area (Å²) >= 11 is 3.27. The lowest BCUT2D eigenvalue weighted by atomic mass is 10.2. The van der Waals surface area contributed by atoms with Crippen LogP contribution in [0.1, 0.15) is 25.6 Å². The average molecular weight is 283 g/mol. The van der Waals surface area contributed by atoms with Crippen molar-refractivity contribution in [3.8, 4) is 17.2 Å². The largest absolute Gasteiger partial charge is 0.507 e. The number of phenols is 1. The van der Waals surface area contributed by atoms with E-state index in [4.69, 9.17) is 4.52 Å². The average Bonchev–Trinajstić information content (AvgIpc) is 2.66. The molecule has 0 saturated carbocycles. The molecule has 0 unspecified atom stereocenters. The lowest BCUT2D eigenvalue weighted by Crippen LogP contribution is -1.89. The van der Waals surface area contributed by atoms with Crippen molar-refractivity contribution in [3.63, 3.8) is 0 Å². The highest BCUT2D eigenvalue weighted by Crippen LogP contribution is 2.30. The van der Waals surface area contributed by atoms with Gasteiger partial charge >= 0.3 is 0 Å². The first kappa shape index (κ1) is 11.1. The summed E-state index contributed by atoms with van der Waals surface area (Å²) in [5.41, 5.74) is 0.544. The lowest BCUT2D eigenvalue weighted by molar-refractivity contribution is 0.414. The highest BCUT2D eigenvalue weighted by Gasteiger charge is 2.14. The number of halogens is 1. The van der Waals surface area contributed by atoms with E-state index < -0.39 is 0 Å². The monoisotopic (exact) mass is 282 g/mol. The molecule has 0 amide bonds. The molecule has 0 aliphatic carbocycles. The topological polar surface area (TPSA) is 59.2 Å². The fourth-order valence-corrected chi connectivity index (χ4v) is 1.61. The minimum Gasteiger partial charge on any atom is -0.507 e. The van der Waals surface area contributed by atoms with Crippen molar-refractivity contribution in [2.75, 3.05) is 0 Å². The second kappa shape index (κ2) is 4.25. The number of aromatic hydroxyl groups is 1. The van der Waals surface area contributed by atoms with Crippen molar-refractivity contribution >= 4 is 15.9 Å². The van der Waals surface area contributed by atoms with Crippen LogP contribution in [-0.2, 0) is 0 Å². The molecule has 16 heavy (non-hydrogen) atoms. The number of rotatable bonds is 2. The molecule has 0 fully saturated rings. The number of nitrogens with zero attached hydrogens (tertiary/aromatic N) is 2. The summed E-state index contributed by atoms with van der Waals surface area (Å²) in [5, 5.41) is 13.6. The summed E-state index contributed by atoms with van der Waals surface area (Å²) < 4.78 is 5.90. The van der Waals surface area contributed by atoms with Gasteiger partial charge < -0.3 is 9.63 Å². The van der Waals surface area contributed by atoms with Crippen LogP contribution in [0.25, 0.3) is 11.5 Å². The molecule has 0 spiro atoms. The van der Waals surface area contributed by atoms with Gasteiger partial charge in [0.05, 0.1) is 5.56 Å². The minimum absolute atomic E-state index is 0.119. The maximum Gasteiger partial charge on any atom is 0.261 e. The van der Waals surface area contributed by atoms with E-state index in [-0.39, 0.29) is 11.7 Å². The van der Waals surface area contributed by atoms with Crippen molar-refractivity contribution in [1.29, 1.82) is 0 Å². The van der Waals surface area contributed by atoms with Gasteiger partial charge in [0.2, 0.25) is 0 Å². The molecular weight excluding hydrogens is 272 g/mol. The first-order valence-corrected chi connectivity index (χ1v) is 5.69. The quantitative estimate of drug-likeness (QED) is 0.918. The molecule has 84 valence electrons. The van der Waals surface area contributed by atoms with Gasteiger partial charge in [-0.05, 0) is 18.2 Å². The van der Waals surface area contributed by atoms with Crippen LogP contribution in [-0.4, -0.2) is 15.2 Å². The van der Waals surface area contributed by atoms with Crippen LogP contribution in [0, 0.1) is 0 Å². The third kappa shape index (κ3) is 2.09. The van der Waals surface area contributed by atoms with Crippen LogP contribution in [0.3, 0.4) is 0 Å². The molecule has 1 aromatic carbocycles. The van der Waals surface area contributed by atoms with Crippen LogP contribution >= 0.6 is 15.9 Å². The van der Waals surface area contributed by atoms with Gasteiger partial charge in [0.25, 0.3) is 5.89 Å². The number of hydrogen-bond donors (Lipinski definition) is 1. The van der Waals surface area contributed by atoms with E-state index in [1.165, 1.54) is 0 Å². The minimum atomic E-state index is 0.119. The van der Waals surface area contributed by atoms with Crippen LogP contribution in [0.15, 0.2) is 27.2 Å². The molecule has 0 aliphatic rings. The maximum atomic E-state index is 9.73. The number of benzene rings is 1. The molecule has 0 saturated heterocycles. The molecule has 0 aliphatic heterocycles. The third-order valence-corrected chi connectivity index (χ3v) is 2.64. The van der Waals surface area contributed by atoms with Gasteiger partial charge in [-0.3, -0.25) is 0 Å². The Morgan fingerprint density at radius 1 is 1.38 bits per heavy atom. The summed E-state index contributed by atoms with van der Waals surface area (Å²) in [6.45, 7) is 3.96. The molecule has 4 nitrogen and oxygen atoms in total. The highest BCUT2D eigenvalue weighted by atomic mass is 79.9. The van der Waals surface area contributed by atoms with E-state index in [2.05, 4.69) is 26.1 Å². The Labute approximate surface area is 101 Å². The normalized spacial score (nSPS) is 11.0.